The van der Waals surface area contributed by atoms with E-state index in [-0.39, 0.29) is 0 Å². The first-order valence-corrected chi connectivity index (χ1v) is 9.55. The van der Waals surface area contributed by atoms with E-state index < -0.39 is 0 Å². The van der Waals surface area contributed by atoms with Crippen molar-refractivity contribution < 1.29 is 0 Å². The Morgan fingerprint density at radius 1 is 0.560 bits per heavy atom. The largest absolute Gasteiger partial charge is 0.0616 e. The first-order chi connectivity index (χ1) is 11.9. The predicted octanol–water partition coefficient (Wildman–Crippen LogP) is 7.88. The van der Waals surface area contributed by atoms with Crippen molar-refractivity contribution in [2.45, 2.75) is 59.3 Å². The highest BCUT2D eigenvalue weighted by molar-refractivity contribution is 5.88. The molecule has 0 atom stereocenters. The van der Waals surface area contributed by atoms with Gasteiger partial charge in [0, 0.05) is 0 Å². The minimum Gasteiger partial charge on any atom is -0.0616 e. The summed E-state index contributed by atoms with van der Waals surface area (Å²) in [5, 5.41) is 2.62. The van der Waals surface area contributed by atoms with E-state index in [9.17, 15) is 0 Å². The van der Waals surface area contributed by atoms with Crippen molar-refractivity contribution >= 4 is 10.8 Å². The van der Waals surface area contributed by atoms with Gasteiger partial charge in [-0.2, -0.15) is 0 Å². The lowest BCUT2D eigenvalue weighted by atomic mass is 9.81. The Balaban J connectivity index is 2.31. The molecule has 0 heteroatoms. The highest BCUT2D eigenvalue weighted by Crippen LogP contribution is 2.39. The van der Waals surface area contributed by atoms with Gasteiger partial charge in [0.25, 0.3) is 0 Å². The molecule has 0 fully saturated rings. The zero-order chi connectivity index (χ0) is 18.1. The molecule has 0 nitrogen and oxygen atoms in total. The molecule has 0 aromatic heterocycles. The quantitative estimate of drug-likeness (QED) is 0.456. The Morgan fingerprint density at radius 2 is 1.12 bits per heavy atom. The molecule has 0 amide bonds. The first-order valence-electron chi connectivity index (χ1n) is 9.55. The molecule has 0 saturated carbocycles. The molecular weight excluding hydrogens is 300 g/mol. The molecule has 0 saturated heterocycles. The van der Waals surface area contributed by atoms with E-state index in [1.807, 2.05) is 0 Å². The van der Waals surface area contributed by atoms with E-state index in [0.717, 1.165) is 0 Å². The van der Waals surface area contributed by atoms with E-state index in [4.69, 9.17) is 0 Å². The molecule has 3 rings (SSSR count). The van der Waals surface area contributed by atoms with Crippen LogP contribution in [0.4, 0.5) is 0 Å². The maximum absolute atomic E-state index is 2.44. The Hall–Kier alpha value is -2.08. The third kappa shape index (κ3) is 3.49. The Morgan fingerprint density at radius 3 is 1.64 bits per heavy atom. The molecule has 25 heavy (non-hydrogen) atoms. The van der Waals surface area contributed by atoms with Gasteiger partial charge >= 0.3 is 0 Å². The molecule has 0 spiro atoms. The lowest BCUT2D eigenvalue weighted by Crippen LogP contribution is -2.03. The summed E-state index contributed by atoms with van der Waals surface area (Å²) in [7, 11) is 0. The second kappa shape index (κ2) is 7.04. The highest BCUT2D eigenvalue weighted by Gasteiger charge is 2.18. The third-order valence-electron chi connectivity index (χ3n) is 5.17. The fourth-order valence-electron chi connectivity index (χ4n) is 3.63. The predicted molar refractivity (Wildman–Crippen MR) is 112 cm³/mol. The van der Waals surface area contributed by atoms with Gasteiger partial charge in [0.1, 0.15) is 0 Å². The summed E-state index contributed by atoms with van der Waals surface area (Å²) < 4.78 is 0. The van der Waals surface area contributed by atoms with E-state index in [1.165, 1.54) is 38.6 Å². The van der Waals surface area contributed by atoms with Gasteiger partial charge in [-0.15, -0.1) is 0 Å². The SMILES string of the molecule is CC(C)c1cc(C(C)C)c(-c2ccc3ccccc3c2)c(C(C)C)c1. The molecule has 3 aromatic carbocycles. The van der Waals surface area contributed by atoms with Gasteiger partial charge in [-0.1, -0.05) is 90.1 Å². The Kier molecular flexibility index (Phi) is 4.99. The maximum atomic E-state index is 2.44. The summed E-state index contributed by atoms with van der Waals surface area (Å²) >= 11 is 0. The van der Waals surface area contributed by atoms with Gasteiger partial charge in [0.15, 0.2) is 0 Å². The van der Waals surface area contributed by atoms with Gasteiger partial charge in [0.05, 0.1) is 0 Å². The minimum atomic E-state index is 0.512. The summed E-state index contributed by atoms with van der Waals surface area (Å²) in [5.74, 6) is 1.58. The zero-order valence-corrected chi connectivity index (χ0v) is 16.4. The van der Waals surface area contributed by atoms with Gasteiger partial charge in [-0.25, -0.2) is 0 Å². The van der Waals surface area contributed by atoms with Crippen LogP contribution >= 0.6 is 0 Å². The van der Waals surface area contributed by atoms with Gasteiger partial charge in [-0.3, -0.25) is 0 Å². The Bertz CT molecular complexity index is 852. The molecule has 3 aromatic rings. The van der Waals surface area contributed by atoms with Crippen molar-refractivity contribution in [3.63, 3.8) is 0 Å². The van der Waals surface area contributed by atoms with E-state index in [1.54, 1.807) is 0 Å². The minimum absolute atomic E-state index is 0.512. The molecule has 0 bridgehead atoms. The summed E-state index contributed by atoms with van der Waals surface area (Å²) in [6.07, 6.45) is 0. The number of benzene rings is 3. The molecular formula is C25H30. The molecule has 0 heterocycles. The molecule has 0 unspecified atom stereocenters. The van der Waals surface area contributed by atoms with Crippen molar-refractivity contribution in [1.82, 2.24) is 0 Å². The van der Waals surface area contributed by atoms with Crippen LogP contribution < -0.4 is 0 Å². The van der Waals surface area contributed by atoms with Crippen LogP contribution in [0.2, 0.25) is 0 Å². The second-order valence-corrected chi connectivity index (χ2v) is 8.10. The molecule has 0 aliphatic carbocycles. The summed E-state index contributed by atoms with van der Waals surface area (Å²) in [6.45, 7) is 13.8. The molecule has 130 valence electrons. The van der Waals surface area contributed by atoms with Crippen LogP contribution in [0.3, 0.4) is 0 Å². The van der Waals surface area contributed by atoms with Gasteiger partial charge in [-0.05, 0) is 62.4 Å². The van der Waals surface area contributed by atoms with E-state index >= 15 is 0 Å². The van der Waals surface area contributed by atoms with Crippen LogP contribution in [-0.2, 0) is 0 Å². The van der Waals surface area contributed by atoms with Crippen LogP contribution in [0.15, 0.2) is 54.6 Å². The van der Waals surface area contributed by atoms with Gasteiger partial charge < -0.3 is 0 Å². The first kappa shape index (κ1) is 17.7. The molecule has 0 radical (unpaired) electrons. The fraction of sp³-hybridized carbons (Fsp3) is 0.360. The average molecular weight is 331 g/mol. The van der Waals surface area contributed by atoms with Gasteiger partial charge in [0.2, 0.25) is 0 Å². The summed E-state index contributed by atoms with van der Waals surface area (Å²) in [5.41, 5.74) is 7.20. The number of hydrogen-bond donors (Lipinski definition) is 0. The monoisotopic (exact) mass is 330 g/mol. The molecule has 0 aliphatic heterocycles. The number of fused-ring (bicyclic) bond motifs is 1. The van der Waals surface area contributed by atoms with Crippen molar-refractivity contribution in [1.29, 1.82) is 0 Å². The molecule has 0 aliphatic rings. The lowest BCUT2D eigenvalue weighted by Gasteiger charge is -2.23. The average Bonchev–Trinajstić information content (AvgIpc) is 2.59. The molecule has 0 N–H and O–H groups in total. The second-order valence-electron chi connectivity index (χ2n) is 8.10. The number of hydrogen-bond acceptors (Lipinski definition) is 0. The Labute approximate surface area is 152 Å². The normalized spacial score (nSPS) is 11.9. The van der Waals surface area contributed by atoms with E-state index in [2.05, 4.69) is 96.1 Å². The third-order valence-corrected chi connectivity index (χ3v) is 5.17. The van der Waals surface area contributed by atoms with Crippen LogP contribution in [0, 0.1) is 0 Å². The standard InChI is InChI=1S/C25H30/c1-16(2)22-14-23(17(3)4)25(24(15-22)18(5)6)21-12-11-19-9-7-8-10-20(19)13-21/h7-18H,1-6H3. The number of rotatable bonds is 4. The van der Waals surface area contributed by atoms with Crippen molar-refractivity contribution in [2.24, 2.45) is 0 Å². The zero-order valence-electron chi connectivity index (χ0n) is 16.4. The van der Waals surface area contributed by atoms with Crippen molar-refractivity contribution in [3.05, 3.63) is 71.3 Å². The van der Waals surface area contributed by atoms with Crippen LogP contribution in [-0.4, -0.2) is 0 Å². The van der Waals surface area contributed by atoms with E-state index in [0.29, 0.717) is 17.8 Å². The topological polar surface area (TPSA) is 0 Å². The van der Waals surface area contributed by atoms with Crippen molar-refractivity contribution in [2.75, 3.05) is 0 Å². The van der Waals surface area contributed by atoms with Crippen LogP contribution in [0.5, 0.6) is 0 Å². The highest BCUT2D eigenvalue weighted by atomic mass is 14.2. The fourth-order valence-corrected chi connectivity index (χ4v) is 3.63. The maximum Gasteiger partial charge on any atom is -0.0114 e. The van der Waals surface area contributed by atoms with Crippen molar-refractivity contribution in [3.8, 4) is 11.1 Å². The summed E-state index contributed by atoms with van der Waals surface area (Å²) in [4.78, 5) is 0. The summed E-state index contributed by atoms with van der Waals surface area (Å²) in [6, 6.07) is 20.4. The smallest absolute Gasteiger partial charge is 0.0114 e. The lowest BCUT2D eigenvalue weighted by molar-refractivity contribution is 0.807. The van der Waals surface area contributed by atoms with Crippen LogP contribution in [0.1, 0.15) is 76.0 Å². The van der Waals surface area contributed by atoms with Crippen LogP contribution in [0.25, 0.3) is 21.9 Å².